The highest BCUT2D eigenvalue weighted by atomic mass is 35.5. The molecule has 1 N–H and O–H groups in total. The highest BCUT2D eigenvalue weighted by Gasteiger charge is 2.12. The Kier molecular flexibility index (Phi) is 4.49. The van der Waals surface area contributed by atoms with E-state index in [4.69, 9.17) is 23.2 Å². The molecule has 1 atom stereocenters. The molecule has 0 radical (unpaired) electrons. The smallest absolute Gasteiger partial charge is 0.104 e. The minimum Gasteiger partial charge on any atom is -0.384 e. The molecule has 0 saturated heterocycles. The van der Waals surface area contributed by atoms with Crippen LogP contribution in [0.4, 0.5) is 0 Å². The summed E-state index contributed by atoms with van der Waals surface area (Å²) in [6.45, 7) is 0. The Morgan fingerprint density at radius 2 is 1.23 bits per heavy atom. The van der Waals surface area contributed by atoms with Crippen molar-refractivity contribution in [2.45, 2.75) is 6.10 Å². The van der Waals surface area contributed by atoms with Gasteiger partial charge in [-0.25, -0.2) is 0 Å². The third-order valence-electron chi connectivity index (χ3n) is 3.59. The van der Waals surface area contributed by atoms with Gasteiger partial charge in [0, 0.05) is 0 Å². The third kappa shape index (κ3) is 3.17. The zero-order valence-electron chi connectivity index (χ0n) is 11.7. The summed E-state index contributed by atoms with van der Waals surface area (Å²) in [5.74, 6) is 0. The van der Waals surface area contributed by atoms with E-state index >= 15 is 0 Å². The molecule has 0 aliphatic heterocycles. The van der Waals surface area contributed by atoms with Gasteiger partial charge in [-0.05, 0) is 34.4 Å². The lowest BCUT2D eigenvalue weighted by molar-refractivity contribution is 0.220. The van der Waals surface area contributed by atoms with Gasteiger partial charge in [-0.15, -0.1) is 0 Å². The first-order valence-corrected chi connectivity index (χ1v) is 7.69. The van der Waals surface area contributed by atoms with Crippen molar-refractivity contribution in [2.24, 2.45) is 0 Å². The molecule has 22 heavy (non-hydrogen) atoms. The van der Waals surface area contributed by atoms with Crippen LogP contribution in [0.5, 0.6) is 0 Å². The minimum absolute atomic E-state index is 0.444. The molecule has 0 unspecified atom stereocenters. The SMILES string of the molecule is O[C@H](c1ccc(-c2ccccc2)cc1)c1ccc(Cl)c(Cl)c1. The Labute approximate surface area is 139 Å². The summed E-state index contributed by atoms with van der Waals surface area (Å²) in [7, 11) is 0. The van der Waals surface area contributed by atoms with E-state index in [0.717, 1.165) is 22.3 Å². The third-order valence-corrected chi connectivity index (χ3v) is 4.33. The zero-order chi connectivity index (χ0) is 15.5. The maximum Gasteiger partial charge on any atom is 0.104 e. The minimum atomic E-state index is -0.723. The van der Waals surface area contributed by atoms with Crippen molar-refractivity contribution >= 4 is 23.2 Å². The van der Waals surface area contributed by atoms with Gasteiger partial charge in [0.2, 0.25) is 0 Å². The molecule has 0 aliphatic carbocycles. The van der Waals surface area contributed by atoms with E-state index in [1.54, 1.807) is 18.2 Å². The van der Waals surface area contributed by atoms with Crippen LogP contribution in [0.2, 0.25) is 10.0 Å². The van der Waals surface area contributed by atoms with Gasteiger partial charge < -0.3 is 5.11 Å². The number of hydrogen-bond acceptors (Lipinski definition) is 1. The van der Waals surface area contributed by atoms with Crippen LogP contribution in [0.3, 0.4) is 0 Å². The van der Waals surface area contributed by atoms with Crippen LogP contribution < -0.4 is 0 Å². The lowest BCUT2D eigenvalue weighted by Crippen LogP contribution is -1.99. The highest BCUT2D eigenvalue weighted by molar-refractivity contribution is 6.42. The quantitative estimate of drug-likeness (QED) is 0.649. The Hall–Kier alpha value is -1.80. The predicted octanol–water partition coefficient (Wildman–Crippen LogP) is 5.74. The molecule has 110 valence electrons. The molecule has 0 spiro atoms. The summed E-state index contributed by atoms with van der Waals surface area (Å²) in [6.07, 6.45) is -0.723. The van der Waals surface area contributed by atoms with Gasteiger partial charge in [0.05, 0.1) is 10.0 Å². The Morgan fingerprint density at radius 3 is 1.86 bits per heavy atom. The largest absolute Gasteiger partial charge is 0.384 e. The molecule has 0 heterocycles. The number of halogens is 2. The van der Waals surface area contributed by atoms with Gasteiger partial charge in [-0.1, -0.05) is 83.9 Å². The molecule has 3 aromatic carbocycles. The van der Waals surface area contributed by atoms with E-state index in [1.165, 1.54) is 0 Å². The fraction of sp³-hybridized carbons (Fsp3) is 0.0526. The van der Waals surface area contributed by atoms with Gasteiger partial charge in [0.25, 0.3) is 0 Å². The molecular weight excluding hydrogens is 315 g/mol. The molecule has 0 aliphatic rings. The van der Waals surface area contributed by atoms with Crippen molar-refractivity contribution in [3.05, 3.63) is 94.0 Å². The predicted molar refractivity (Wildman–Crippen MR) is 92.4 cm³/mol. The second-order valence-electron chi connectivity index (χ2n) is 5.06. The molecule has 1 nitrogen and oxygen atoms in total. The molecule has 3 aromatic rings. The second kappa shape index (κ2) is 6.53. The Balaban J connectivity index is 1.87. The second-order valence-corrected chi connectivity index (χ2v) is 5.88. The molecule has 3 heteroatoms. The Bertz CT molecular complexity index is 767. The fourth-order valence-electron chi connectivity index (χ4n) is 2.36. The number of benzene rings is 3. The normalized spacial score (nSPS) is 12.1. The van der Waals surface area contributed by atoms with Crippen molar-refractivity contribution in [3.63, 3.8) is 0 Å². The average molecular weight is 329 g/mol. The summed E-state index contributed by atoms with van der Waals surface area (Å²) in [6, 6.07) is 23.2. The molecule has 3 rings (SSSR count). The first-order valence-electron chi connectivity index (χ1n) is 6.93. The number of rotatable bonds is 3. The standard InChI is InChI=1S/C19H14Cl2O/c20-17-11-10-16(12-18(17)21)19(22)15-8-6-14(7-9-15)13-4-2-1-3-5-13/h1-12,19,22H/t19-/m1/s1. The van der Waals surface area contributed by atoms with Crippen LogP contribution >= 0.6 is 23.2 Å². The lowest BCUT2D eigenvalue weighted by atomic mass is 9.98. The number of aliphatic hydroxyl groups is 1. The zero-order valence-corrected chi connectivity index (χ0v) is 13.2. The van der Waals surface area contributed by atoms with Gasteiger partial charge in [-0.2, -0.15) is 0 Å². The Morgan fingerprint density at radius 1 is 0.636 bits per heavy atom. The van der Waals surface area contributed by atoms with Crippen LogP contribution in [0, 0.1) is 0 Å². The van der Waals surface area contributed by atoms with Crippen molar-refractivity contribution < 1.29 is 5.11 Å². The lowest BCUT2D eigenvalue weighted by Gasteiger charge is -2.13. The van der Waals surface area contributed by atoms with Crippen LogP contribution in [0.15, 0.2) is 72.8 Å². The summed E-state index contributed by atoms with van der Waals surface area (Å²) < 4.78 is 0. The van der Waals surface area contributed by atoms with Gasteiger partial charge in [0.1, 0.15) is 6.10 Å². The average Bonchev–Trinajstić information content (AvgIpc) is 2.58. The maximum atomic E-state index is 10.5. The van der Waals surface area contributed by atoms with Crippen LogP contribution in [-0.2, 0) is 0 Å². The van der Waals surface area contributed by atoms with E-state index in [0.29, 0.717) is 10.0 Å². The van der Waals surface area contributed by atoms with Crippen LogP contribution in [0.25, 0.3) is 11.1 Å². The molecule has 0 amide bonds. The first kappa shape index (κ1) is 15.1. The van der Waals surface area contributed by atoms with Crippen LogP contribution in [0.1, 0.15) is 17.2 Å². The number of aliphatic hydroxyl groups excluding tert-OH is 1. The first-order chi connectivity index (χ1) is 10.6. The van der Waals surface area contributed by atoms with Gasteiger partial charge in [-0.3, -0.25) is 0 Å². The number of hydrogen-bond donors (Lipinski definition) is 1. The highest BCUT2D eigenvalue weighted by Crippen LogP contribution is 2.30. The van der Waals surface area contributed by atoms with E-state index in [2.05, 4.69) is 12.1 Å². The topological polar surface area (TPSA) is 20.2 Å². The van der Waals surface area contributed by atoms with E-state index in [1.807, 2.05) is 42.5 Å². The van der Waals surface area contributed by atoms with E-state index in [-0.39, 0.29) is 0 Å². The van der Waals surface area contributed by atoms with Gasteiger partial charge in [0.15, 0.2) is 0 Å². The molecule has 0 aromatic heterocycles. The maximum absolute atomic E-state index is 10.5. The van der Waals surface area contributed by atoms with Crippen molar-refractivity contribution in [1.82, 2.24) is 0 Å². The summed E-state index contributed by atoms with van der Waals surface area (Å²) in [5, 5.41) is 11.4. The van der Waals surface area contributed by atoms with Crippen molar-refractivity contribution in [1.29, 1.82) is 0 Å². The molecule has 0 saturated carbocycles. The monoisotopic (exact) mass is 328 g/mol. The molecule has 0 bridgehead atoms. The van der Waals surface area contributed by atoms with Crippen LogP contribution in [-0.4, -0.2) is 5.11 Å². The van der Waals surface area contributed by atoms with Gasteiger partial charge >= 0.3 is 0 Å². The molecular formula is C19H14Cl2O. The summed E-state index contributed by atoms with van der Waals surface area (Å²) in [4.78, 5) is 0. The van der Waals surface area contributed by atoms with Crippen molar-refractivity contribution in [3.8, 4) is 11.1 Å². The van der Waals surface area contributed by atoms with E-state index in [9.17, 15) is 5.11 Å². The van der Waals surface area contributed by atoms with Crippen molar-refractivity contribution in [2.75, 3.05) is 0 Å². The fourth-order valence-corrected chi connectivity index (χ4v) is 2.67. The summed E-state index contributed by atoms with van der Waals surface area (Å²) >= 11 is 11.9. The molecule has 0 fully saturated rings. The van der Waals surface area contributed by atoms with E-state index < -0.39 is 6.10 Å². The summed E-state index contributed by atoms with van der Waals surface area (Å²) in [5.41, 5.74) is 3.81.